The molecule has 0 heterocycles. The third kappa shape index (κ3) is 10.1. The van der Waals surface area contributed by atoms with Crippen molar-refractivity contribution in [2.75, 3.05) is 24.7 Å². The third-order valence-electron chi connectivity index (χ3n) is 0.757. The van der Waals surface area contributed by atoms with Crippen LogP contribution in [0, 0.1) is 0 Å². The average Bonchev–Trinajstić information content (AvgIpc) is 1.96. The predicted octanol–water partition coefficient (Wildman–Crippen LogP) is 0.890. The fourth-order valence-corrected chi connectivity index (χ4v) is 2.07. The molecule has 0 rings (SSSR count). The molecule has 0 saturated carbocycles. The van der Waals surface area contributed by atoms with Gasteiger partial charge in [0.15, 0.2) is 0 Å². The standard InChI is InChI=1S/C6H13NO2S2/c1-6(8)9-3-5-11-10-4-2-7/h2-5,7H2,1H3. The quantitative estimate of drug-likeness (QED) is 0.387. The molecule has 5 heteroatoms. The zero-order valence-corrected chi connectivity index (χ0v) is 8.17. The molecule has 66 valence electrons. The van der Waals surface area contributed by atoms with Crippen molar-refractivity contribution in [1.82, 2.24) is 0 Å². The number of hydrogen-bond acceptors (Lipinski definition) is 5. The molecule has 0 aliphatic carbocycles. The minimum Gasteiger partial charge on any atom is -0.465 e. The van der Waals surface area contributed by atoms with Crippen molar-refractivity contribution in [3.8, 4) is 0 Å². The van der Waals surface area contributed by atoms with E-state index in [1.807, 2.05) is 0 Å². The van der Waals surface area contributed by atoms with E-state index in [0.717, 1.165) is 11.5 Å². The summed E-state index contributed by atoms with van der Waals surface area (Å²) in [6, 6.07) is 0. The molecule has 0 unspecified atom stereocenters. The molecule has 0 aliphatic rings. The van der Waals surface area contributed by atoms with Crippen molar-refractivity contribution in [2.24, 2.45) is 5.73 Å². The molecule has 0 amide bonds. The molecule has 0 aromatic carbocycles. The Morgan fingerprint density at radius 3 is 2.64 bits per heavy atom. The van der Waals surface area contributed by atoms with Gasteiger partial charge in [-0.05, 0) is 0 Å². The van der Waals surface area contributed by atoms with Crippen LogP contribution in [0.15, 0.2) is 0 Å². The summed E-state index contributed by atoms with van der Waals surface area (Å²) in [5.41, 5.74) is 5.27. The van der Waals surface area contributed by atoms with Gasteiger partial charge in [0.2, 0.25) is 0 Å². The zero-order valence-electron chi connectivity index (χ0n) is 6.54. The van der Waals surface area contributed by atoms with Crippen molar-refractivity contribution in [1.29, 1.82) is 0 Å². The zero-order chi connectivity index (χ0) is 8.53. The van der Waals surface area contributed by atoms with E-state index in [0.29, 0.717) is 13.2 Å². The summed E-state index contributed by atoms with van der Waals surface area (Å²) in [6.07, 6.45) is 0. The molecule has 0 bridgehead atoms. The van der Waals surface area contributed by atoms with Crippen molar-refractivity contribution in [3.05, 3.63) is 0 Å². The van der Waals surface area contributed by atoms with Crippen molar-refractivity contribution < 1.29 is 9.53 Å². The van der Waals surface area contributed by atoms with Gasteiger partial charge in [0.1, 0.15) is 6.61 Å². The van der Waals surface area contributed by atoms with E-state index >= 15 is 0 Å². The molecular weight excluding hydrogens is 182 g/mol. The second-order valence-electron chi connectivity index (χ2n) is 1.77. The van der Waals surface area contributed by atoms with E-state index < -0.39 is 0 Å². The van der Waals surface area contributed by atoms with Gasteiger partial charge in [0.25, 0.3) is 0 Å². The normalized spacial score (nSPS) is 9.64. The van der Waals surface area contributed by atoms with Crippen LogP contribution in [0.1, 0.15) is 6.92 Å². The Bertz CT molecular complexity index is 111. The SMILES string of the molecule is CC(=O)OCCSSCCN. The smallest absolute Gasteiger partial charge is 0.302 e. The van der Waals surface area contributed by atoms with Gasteiger partial charge in [-0.3, -0.25) is 4.79 Å². The lowest BCUT2D eigenvalue weighted by Gasteiger charge is -1.99. The van der Waals surface area contributed by atoms with Gasteiger partial charge in [0.05, 0.1) is 0 Å². The molecule has 0 aromatic rings. The van der Waals surface area contributed by atoms with Crippen LogP contribution in [0.4, 0.5) is 0 Å². The van der Waals surface area contributed by atoms with Crippen LogP contribution >= 0.6 is 21.6 Å². The largest absolute Gasteiger partial charge is 0.465 e. The van der Waals surface area contributed by atoms with Gasteiger partial charge < -0.3 is 10.5 Å². The van der Waals surface area contributed by atoms with Gasteiger partial charge in [-0.15, -0.1) is 0 Å². The molecular formula is C6H13NO2S2. The fraction of sp³-hybridized carbons (Fsp3) is 0.833. The highest BCUT2D eigenvalue weighted by molar-refractivity contribution is 8.76. The molecule has 0 spiro atoms. The minimum absolute atomic E-state index is 0.213. The lowest BCUT2D eigenvalue weighted by Crippen LogP contribution is -2.03. The van der Waals surface area contributed by atoms with Crippen LogP contribution in [0.25, 0.3) is 0 Å². The number of carbonyl (C=O) groups excluding carboxylic acids is 1. The summed E-state index contributed by atoms with van der Waals surface area (Å²) < 4.78 is 4.72. The minimum atomic E-state index is -0.213. The number of ether oxygens (including phenoxy) is 1. The Morgan fingerprint density at radius 2 is 2.09 bits per heavy atom. The van der Waals surface area contributed by atoms with Crippen LogP contribution in [0.3, 0.4) is 0 Å². The van der Waals surface area contributed by atoms with Gasteiger partial charge in [-0.2, -0.15) is 0 Å². The first-order valence-corrected chi connectivity index (χ1v) is 5.84. The van der Waals surface area contributed by atoms with E-state index in [1.54, 1.807) is 21.6 Å². The van der Waals surface area contributed by atoms with E-state index in [4.69, 9.17) is 10.5 Å². The highest BCUT2D eigenvalue weighted by atomic mass is 33.1. The summed E-state index contributed by atoms with van der Waals surface area (Å²) in [6.45, 7) is 2.61. The summed E-state index contributed by atoms with van der Waals surface area (Å²) in [5, 5.41) is 0. The van der Waals surface area contributed by atoms with Crippen LogP contribution < -0.4 is 5.73 Å². The topological polar surface area (TPSA) is 52.3 Å². The van der Waals surface area contributed by atoms with Crippen LogP contribution in [-0.4, -0.2) is 30.6 Å². The molecule has 0 aromatic heterocycles. The van der Waals surface area contributed by atoms with Crippen molar-refractivity contribution in [2.45, 2.75) is 6.92 Å². The number of hydrogen-bond donors (Lipinski definition) is 1. The van der Waals surface area contributed by atoms with E-state index in [2.05, 4.69) is 0 Å². The Labute approximate surface area is 74.8 Å². The molecule has 0 radical (unpaired) electrons. The van der Waals surface area contributed by atoms with E-state index in [-0.39, 0.29) is 5.97 Å². The monoisotopic (exact) mass is 195 g/mol. The Morgan fingerprint density at radius 1 is 1.45 bits per heavy atom. The van der Waals surface area contributed by atoms with Crippen LogP contribution in [-0.2, 0) is 9.53 Å². The van der Waals surface area contributed by atoms with Gasteiger partial charge in [-0.25, -0.2) is 0 Å². The maximum Gasteiger partial charge on any atom is 0.302 e. The lowest BCUT2D eigenvalue weighted by atomic mass is 10.8. The van der Waals surface area contributed by atoms with Gasteiger partial charge >= 0.3 is 5.97 Å². The second kappa shape index (κ2) is 8.23. The number of carbonyl (C=O) groups is 1. The van der Waals surface area contributed by atoms with Crippen LogP contribution in [0.2, 0.25) is 0 Å². The summed E-state index contributed by atoms with van der Waals surface area (Å²) in [5.74, 6) is 1.57. The first kappa shape index (κ1) is 11.1. The maximum absolute atomic E-state index is 10.3. The first-order chi connectivity index (χ1) is 5.27. The Kier molecular flexibility index (Phi) is 8.33. The summed E-state index contributed by atoms with van der Waals surface area (Å²) in [7, 11) is 3.38. The first-order valence-electron chi connectivity index (χ1n) is 3.35. The van der Waals surface area contributed by atoms with Gasteiger partial charge in [-0.1, -0.05) is 21.6 Å². The molecule has 3 nitrogen and oxygen atoms in total. The van der Waals surface area contributed by atoms with E-state index in [9.17, 15) is 4.79 Å². The second-order valence-corrected chi connectivity index (χ2v) is 4.47. The molecule has 0 saturated heterocycles. The molecule has 0 fully saturated rings. The predicted molar refractivity (Wildman–Crippen MR) is 50.6 cm³/mol. The van der Waals surface area contributed by atoms with Gasteiger partial charge in [0, 0.05) is 25.0 Å². The third-order valence-corrected chi connectivity index (χ3v) is 3.16. The molecule has 11 heavy (non-hydrogen) atoms. The number of rotatable bonds is 6. The number of esters is 1. The summed E-state index contributed by atoms with van der Waals surface area (Å²) in [4.78, 5) is 10.3. The molecule has 2 N–H and O–H groups in total. The van der Waals surface area contributed by atoms with Crippen LogP contribution in [0.5, 0.6) is 0 Å². The number of nitrogens with two attached hydrogens (primary N) is 1. The maximum atomic E-state index is 10.3. The van der Waals surface area contributed by atoms with Crippen molar-refractivity contribution in [3.63, 3.8) is 0 Å². The highest BCUT2D eigenvalue weighted by Gasteiger charge is 1.92. The van der Waals surface area contributed by atoms with Crippen molar-refractivity contribution >= 4 is 27.6 Å². The molecule has 0 aliphatic heterocycles. The lowest BCUT2D eigenvalue weighted by molar-refractivity contribution is -0.140. The average molecular weight is 195 g/mol. The Hall–Kier alpha value is 0.130. The van der Waals surface area contributed by atoms with E-state index in [1.165, 1.54) is 6.92 Å². The Balaban J connectivity index is 2.85. The highest BCUT2D eigenvalue weighted by Crippen LogP contribution is 2.19. The summed E-state index contributed by atoms with van der Waals surface area (Å²) >= 11 is 0. The fourth-order valence-electron chi connectivity index (χ4n) is 0.385. The molecule has 0 atom stereocenters.